The van der Waals surface area contributed by atoms with Gasteiger partial charge in [-0.15, -0.1) is 0 Å². The number of fused-ring (bicyclic) bond motifs is 1. The van der Waals surface area contributed by atoms with Gasteiger partial charge in [0, 0.05) is 40.4 Å². The molecule has 0 amide bonds. The van der Waals surface area contributed by atoms with Crippen LogP contribution in [0, 0.1) is 11.2 Å². The Balaban J connectivity index is 2.07. The summed E-state index contributed by atoms with van der Waals surface area (Å²) in [5.41, 5.74) is 2.61. The standard InChI is InChI=1S/C16H12ClFN2/c17-15-5-4-13(18)8-12(15)10-20-7-6-14-11(9-19)2-1-3-16(14)20/h1-9,19H,10H2. The second kappa shape index (κ2) is 5.10. The van der Waals surface area contributed by atoms with Gasteiger partial charge >= 0.3 is 0 Å². The van der Waals surface area contributed by atoms with Crippen LogP contribution in [-0.4, -0.2) is 10.8 Å². The van der Waals surface area contributed by atoms with E-state index in [0.717, 1.165) is 22.0 Å². The van der Waals surface area contributed by atoms with Crippen LogP contribution < -0.4 is 0 Å². The molecule has 3 rings (SSSR count). The Morgan fingerprint density at radius 3 is 2.85 bits per heavy atom. The molecule has 0 aliphatic heterocycles. The van der Waals surface area contributed by atoms with Gasteiger partial charge in [-0.3, -0.25) is 0 Å². The molecule has 0 saturated carbocycles. The Hall–Kier alpha value is -2.13. The Morgan fingerprint density at radius 1 is 1.20 bits per heavy atom. The van der Waals surface area contributed by atoms with Crippen molar-refractivity contribution in [2.24, 2.45) is 0 Å². The van der Waals surface area contributed by atoms with Crippen molar-refractivity contribution in [2.45, 2.75) is 6.54 Å². The van der Waals surface area contributed by atoms with Crippen molar-refractivity contribution < 1.29 is 4.39 Å². The lowest BCUT2D eigenvalue weighted by atomic mass is 10.1. The van der Waals surface area contributed by atoms with Gasteiger partial charge in [0.25, 0.3) is 0 Å². The van der Waals surface area contributed by atoms with E-state index in [1.54, 1.807) is 6.07 Å². The Bertz CT molecular complexity index is 792. The van der Waals surface area contributed by atoms with Crippen LogP contribution in [0.25, 0.3) is 10.9 Å². The van der Waals surface area contributed by atoms with Gasteiger partial charge in [-0.05, 0) is 35.9 Å². The first-order chi connectivity index (χ1) is 9.69. The highest BCUT2D eigenvalue weighted by Gasteiger charge is 2.07. The van der Waals surface area contributed by atoms with E-state index in [1.165, 1.54) is 18.3 Å². The summed E-state index contributed by atoms with van der Waals surface area (Å²) < 4.78 is 15.3. The maximum Gasteiger partial charge on any atom is 0.123 e. The van der Waals surface area contributed by atoms with Crippen LogP contribution in [0.3, 0.4) is 0 Å². The molecule has 100 valence electrons. The molecule has 0 aliphatic carbocycles. The fraction of sp³-hybridized carbons (Fsp3) is 0.0625. The highest BCUT2D eigenvalue weighted by molar-refractivity contribution is 6.31. The first-order valence-corrected chi connectivity index (χ1v) is 6.59. The van der Waals surface area contributed by atoms with Crippen molar-refractivity contribution >= 4 is 28.7 Å². The number of rotatable bonds is 3. The molecule has 20 heavy (non-hydrogen) atoms. The lowest BCUT2D eigenvalue weighted by Gasteiger charge is -2.08. The molecular formula is C16H12ClFN2. The normalized spacial score (nSPS) is 10.9. The second-order valence-corrected chi connectivity index (χ2v) is 5.01. The number of nitrogens with one attached hydrogen (secondary N) is 1. The van der Waals surface area contributed by atoms with Crippen LogP contribution in [0.1, 0.15) is 11.1 Å². The smallest absolute Gasteiger partial charge is 0.123 e. The van der Waals surface area contributed by atoms with Crippen LogP contribution in [0.4, 0.5) is 4.39 Å². The van der Waals surface area contributed by atoms with E-state index in [1.807, 2.05) is 35.0 Å². The third kappa shape index (κ3) is 2.21. The van der Waals surface area contributed by atoms with Crippen molar-refractivity contribution in [3.05, 3.63) is 70.6 Å². The number of hydrogen-bond donors (Lipinski definition) is 1. The lowest BCUT2D eigenvalue weighted by molar-refractivity contribution is 0.624. The number of benzene rings is 2. The largest absolute Gasteiger partial charge is 0.343 e. The van der Waals surface area contributed by atoms with Gasteiger partial charge in [-0.2, -0.15) is 0 Å². The average molecular weight is 287 g/mol. The number of halogens is 2. The molecule has 0 fully saturated rings. The van der Waals surface area contributed by atoms with E-state index in [9.17, 15) is 4.39 Å². The minimum Gasteiger partial charge on any atom is -0.343 e. The van der Waals surface area contributed by atoms with Gasteiger partial charge in [0.2, 0.25) is 0 Å². The van der Waals surface area contributed by atoms with Crippen LogP contribution >= 0.6 is 11.6 Å². The summed E-state index contributed by atoms with van der Waals surface area (Å²) in [6.45, 7) is 0.502. The van der Waals surface area contributed by atoms with Gasteiger partial charge in [-0.1, -0.05) is 23.7 Å². The zero-order chi connectivity index (χ0) is 14.1. The average Bonchev–Trinajstić information content (AvgIpc) is 2.86. The third-order valence-electron chi connectivity index (χ3n) is 3.35. The van der Waals surface area contributed by atoms with Crippen LogP contribution in [0.5, 0.6) is 0 Å². The van der Waals surface area contributed by atoms with Crippen LogP contribution in [0.2, 0.25) is 5.02 Å². The minimum absolute atomic E-state index is 0.291. The first kappa shape index (κ1) is 12.9. The van der Waals surface area contributed by atoms with Gasteiger partial charge in [0.1, 0.15) is 5.82 Å². The molecule has 1 aromatic heterocycles. The molecule has 1 heterocycles. The molecule has 0 atom stereocenters. The monoisotopic (exact) mass is 286 g/mol. The van der Waals surface area contributed by atoms with Gasteiger partial charge < -0.3 is 9.98 Å². The van der Waals surface area contributed by atoms with Crippen LogP contribution in [-0.2, 0) is 6.54 Å². The third-order valence-corrected chi connectivity index (χ3v) is 3.72. The molecule has 2 aromatic carbocycles. The SMILES string of the molecule is N=Cc1cccc2c1ccn2Cc1cc(F)ccc1Cl. The predicted molar refractivity (Wildman–Crippen MR) is 80.3 cm³/mol. The molecule has 0 unspecified atom stereocenters. The van der Waals surface area contributed by atoms with E-state index < -0.39 is 0 Å². The highest BCUT2D eigenvalue weighted by Crippen LogP contribution is 2.23. The molecule has 0 aliphatic rings. The maximum atomic E-state index is 13.3. The van der Waals surface area contributed by atoms with E-state index in [-0.39, 0.29) is 5.82 Å². The fourth-order valence-corrected chi connectivity index (χ4v) is 2.54. The van der Waals surface area contributed by atoms with Crippen molar-refractivity contribution in [2.75, 3.05) is 0 Å². The minimum atomic E-state index is -0.291. The Labute approximate surface area is 120 Å². The van der Waals surface area contributed by atoms with E-state index in [0.29, 0.717) is 11.6 Å². The summed E-state index contributed by atoms with van der Waals surface area (Å²) in [6.07, 6.45) is 3.26. The molecule has 0 saturated heterocycles. The lowest BCUT2D eigenvalue weighted by Crippen LogP contribution is -1.99. The van der Waals surface area contributed by atoms with Gasteiger partial charge in [0.05, 0.1) is 0 Å². The number of hydrogen-bond acceptors (Lipinski definition) is 1. The zero-order valence-electron chi connectivity index (χ0n) is 10.6. The summed E-state index contributed by atoms with van der Waals surface area (Å²) in [7, 11) is 0. The summed E-state index contributed by atoms with van der Waals surface area (Å²) in [4.78, 5) is 0. The molecule has 1 N–H and O–H groups in total. The predicted octanol–water partition coefficient (Wildman–Crippen LogP) is 4.48. The summed E-state index contributed by atoms with van der Waals surface area (Å²) in [6, 6.07) is 12.1. The second-order valence-electron chi connectivity index (χ2n) is 4.60. The molecule has 0 bridgehead atoms. The number of nitrogens with zero attached hydrogens (tertiary/aromatic N) is 1. The first-order valence-electron chi connectivity index (χ1n) is 6.21. The van der Waals surface area contributed by atoms with Gasteiger partial charge in [-0.25, -0.2) is 4.39 Å². The fourth-order valence-electron chi connectivity index (χ4n) is 2.36. The van der Waals surface area contributed by atoms with Crippen molar-refractivity contribution in [1.29, 1.82) is 5.41 Å². The van der Waals surface area contributed by atoms with E-state index in [4.69, 9.17) is 17.0 Å². The molecule has 0 radical (unpaired) electrons. The Morgan fingerprint density at radius 2 is 2.05 bits per heavy atom. The van der Waals surface area contributed by atoms with Gasteiger partial charge in [0.15, 0.2) is 0 Å². The zero-order valence-corrected chi connectivity index (χ0v) is 11.4. The summed E-state index contributed by atoms with van der Waals surface area (Å²) in [5.74, 6) is -0.291. The van der Waals surface area contributed by atoms with Crippen molar-refractivity contribution in [3.8, 4) is 0 Å². The quantitative estimate of drug-likeness (QED) is 0.688. The van der Waals surface area contributed by atoms with E-state index >= 15 is 0 Å². The molecule has 0 spiro atoms. The molecular weight excluding hydrogens is 275 g/mol. The number of aromatic nitrogens is 1. The van der Waals surface area contributed by atoms with Crippen molar-refractivity contribution in [1.82, 2.24) is 4.57 Å². The van der Waals surface area contributed by atoms with E-state index in [2.05, 4.69) is 0 Å². The maximum absolute atomic E-state index is 13.3. The van der Waals surface area contributed by atoms with Crippen LogP contribution in [0.15, 0.2) is 48.7 Å². The van der Waals surface area contributed by atoms with Crippen molar-refractivity contribution in [3.63, 3.8) is 0 Å². The molecule has 3 aromatic rings. The molecule has 2 nitrogen and oxygen atoms in total. The highest BCUT2D eigenvalue weighted by atomic mass is 35.5. The summed E-state index contributed by atoms with van der Waals surface area (Å²) >= 11 is 6.11. The Kier molecular flexibility index (Phi) is 3.28. The topological polar surface area (TPSA) is 28.8 Å². The molecule has 4 heteroatoms. The summed E-state index contributed by atoms with van der Waals surface area (Å²) in [5, 5.41) is 8.98.